The lowest BCUT2D eigenvalue weighted by Gasteiger charge is -2.15. The van der Waals surface area contributed by atoms with Gasteiger partial charge in [-0.3, -0.25) is 4.79 Å². The zero-order valence-corrected chi connectivity index (χ0v) is 10.6. The van der Waals surface area contributed by atoms with Crippen LogP contribution in [0.25, 0.3) is 0 Å². The molecule has 1 amide bonds. The fourth-order valence-electron chi connectivity index (χ4n) is 1.55. The van der Waals surface area contributed by atoms with Gasteiger partial charge in [-0.15, -0.1) is 0 Å². The van der Waals surface area contributed by atoms with Gasteiger partial charge in [0.15, 0.2) is 5.76 Å². The van der Waals surface area contributed by atoms with Gasteiger partial charge in [0.25, 0.3) is 5.91 Å². The van der Waals surface area contributed by atoms with E-state index in [4.69, 9.17) is 9.78 Å². The number of hydrogen-bond donors (Lipinski definition) is 0. The van der Waals surface area contributed by atoms with Crippen molar-refractivity contribution in [2.24, 2.45) is 0 Å². The van der Waals surface area contributed by atoms with Crippen LogP contribution in [0.2, 0.25) is 0 Å². The lowest BCUT2D eigenvalue weighted by atomic mass is 10.0. The maximum atomic E-state index is 12.2. The van der Waals surface area contributed by atoms with Crippen molar-refractivity contribution in [2.75, 3.05) is 13.6 Å². The lowest BCUT2D eigenvalue weighted by molar-refractivity contribution is 0.0794. The van der Waals surface area contributed by atoms with Gasteiger partial charge in [-0.25, -0.2) is 0 Å². The van der Waals surface area contributed by atoms with E-state index in [9.17, 15) is 4.79 Å². The number of aromatic nitrogens is 1. The summed E-state index contributed by atoms with van der Waals surface area (Å²) in [6, 6.07) is 2.02. The molecule has 0 radical (unpaired) electrons. The van der Waals surface area contributed by atoms with E-state index in [2.05, 4.69) is 5.16 Å². The first-order valence-electron chi connectivity index (χ1n) is 5.57. The van der Waals surface area contributed by atoms with Crippen LogP contribution in [0.3, 0.4) is 0 Å². The zero-order chi connectivity index (χ0) is 13.0. The molecule has 0 saturated heterocycles. The number of nitriles is 1. The summed E-state index contributed by atoms with van der Waals surface area (Å²) in [5, 5.41) is 12.3. The normalized spacial score (nSPS) is 10.4. The number of hydrogen-bond acceptors (Lipinski definition) is 4. The Morgan fingerprint density at radius 2 is 2.24 bits per heavy atom. The third-order valence-corrected chi connectivity index (χ3v) is 2.53. The van der Waals surface area contributed by atoms with Gasteiger partial charge < -0.3 is 9.42 Å². The average molecular weight is 235 g/mol. The first-order valence-corrected chi connectivity index (χ1v) is 5.57. The molecule has 5 heteroatoms. The minimum absolute atomic E-state index is 0.111. The monoisotopic (exact) mass is 235 g/mol. The summed E-state index contributed by atoms with van der Waals surface area (Å²) < 4.78 is 5.17. The molecule has 1 aromatic heterocycles. The van der Waals surface area contributed by atoms with E-state index in [1.54, 1.807) is 14.0 Å². The molecule has 0 atom stereocenters. The predicted molar refractivity (Wildman–Crippen MR) is 62.5 cm³/mol. The van der Waals surface area contributed by atoms with Crippen LogP contribution in [0.15, 0.2) is 4.52 Å². The van der Waals surface area contributed by atoms with E-state index >= 15 is 0 Å². The molecule has 0 aliphatic rings. The molecule has 0 aliphatic heterocycles. The zero-order valence-electron chi connectivity index (χ0n) is 10.6. The van der Waals surface area contributed by atoms with Crippen LogP contribution in [0, 0.1) is 18.3 Å². The molecule has 0 aliphatic carbocycles. The molecule has 0 bridgehead atoms. The third-order valence-electron chi connectivity index (χ3n) is 2.53. The smallest absolute Gasteiger partial charge is 0.259 e. The molecule has 0 N–H and O–H groups in total. The first-order chi connectivity index (χ1) is 7.99. The topological polar surface area (TPSA) is 70.1 Å². The Kier molecular flexibility index (Phi) is 4.27. The van der Waals surface area contributed by atoms with E-state index in [1.165, 1.54) is 4.90 Å². The van der Waals surface area contributed by atoms with Crippen LogP contribution in [0.5, 0.6) is 0 Å². The summed E-state index contributed by atoms with van der Waals surface area (Å²) >= 11 is 0. The third kappa shape index (κ3) is 2.84. The first kappa shape index (κ1) is 13.2. The second-order valence-corrected chi connectivity index (χ2v) is 4.30. The molecular weight excluding hydrogens is 218 g/mol. The van der Waals surface area contributed by atoms with Crippen molar-refractivity contribution in [3.05, 3.63) is 17.0 Å². The van der Waals surface area contributed by atoms with Crippen LogP contribution in [0.4, 0.5) is 0 Å². The van der Waals surface area contributed by atoms with Crippen LogP contribution >= 0.6 is 0 Å². The summed E-state index contributed by atoms with van der Waals surface area (Å²) in [5.41, 5.74) is 1.13. The highest BCUT2D eigenvalue weighted by molar-refractivity contribution is 5.96. The van der Waals surface area contributed by atoms with E-state index in [0.29, 0.717) is 30.0 Å². The Morgan fingerprint density at radius 1 is 1.59 bits per heavy atom. The maximum Gasteiger partial charge on any atom is 0.259 e. The van der Waals surface area contributed by atoms with E-state index in [1.807, 2.05) is 19.9 Å². The number of carbonyl (C=O) groups excluding carboxylic acids is 1. The van der Waals surface area contributed by atoms with Gasteiger partial charge in [-0.1, -0.05) is 19.0 Å². The fourth-order valence-corrected chi connectivity index (χ4v) is 1.55. The summed E-state index contributed by atoms with van der Waals surface area (Å²) in [6.07, 6.45) is 0.323. The Morgan fingerprint density at radius 3 is 2.76 bits per heavy atom. The standard InChI is InChI=1S/C12H17N3O2/c1-8(2)11-10(9(3)14-17-11)12(16)15(4)7-5-6-13/h8H,5,7H2,1-4H3. The lowest BCUT2D eigenvalue weighted by Crippen LogP contribution is -2.28. The minimum Gasteiger partial charge on any atom is -0.360 e. The summed E-state index contributed by atoms with van der Waals surface area (Å²) in [5.74, 6) is 0.582. The van der Waals surface area contributed by atoms with Crippen molar-refractivity contribution in [1.82, 2.24) is 10.1 Å². The molecule has 0 aromatic carbocycles. The number of carbonyl (C=O) groups is 1. The van der Waals surface area contributed by atoms with Gasteiger partial charge in [0.2, 0.25) is 0 Å². The van der Waals surface area contributed by atoms with Gasteiger partial charge >= 0.3 is 0 Å². The summed E-state index contributed by atoms with van der Waals surface area (Å²) in [6.45, 7) is 6.07. The van der Waals surface area contributed by atoms with Crippen molar-refractivity contribution in [1.29, 1.82) is 5.26 Å². The van der Waals surface area contributed by atoms with Crippen molar-refractivity contribution < 1.29 is 9.32 Å². The second-order valence-electron chi connectivity index (χ2n) is 4.30. The van der Waals surface area contributed by atoms with Gasteiger partial charge in [0.05, 0.1) is 18.2 Å². The van der Waals surface area contributed by atoms with Crippen LogP contribution in [-0.4, -0.2) is 29.6 Å². The summed E-state index contributed by atoms with van der Waals surface area (Å²) in [7, 11) is 1.68. The average Bonchev–Trinajstić information content (AvgIpc) is 2.67. The Balaban J connectivity index is 2.96. The summed E-state index contributed by atoms with van der Waals surface area (Å²) in [4.78, 5) is 13.7. The van der Waals surface area contributed by atoms with Gasteiger partial charge in [-0.05, 0) is 6.92 Å². The molecule has 0 saturated carbocycles. The molecule has 1 rings (SSSR count). The molecule has 1 heterocycles. The van der Waals surface area contributed by atoms with Crippen molar-refractivity contribution >= 4 is 5.91 Å². The molecule has 5 nitrogen and oxygen atoms in total. The fraction of sp³-hybridized carbons (Fsp3) is 0.583. The quantitative estimate of drug-likeness (QED) is 0.801. The van der Waals surface area contributed by atoms with Crippen molar-refractivity contribution in [3.63, 3.8) is 0 Å². The molecule has 0 spiro atoms. The Hall–Kier alpha value is -1.83. The minimum atomic E-state index is -0.136. The van der Waals surface area contributed by atoms with Crippen molar-refractivity contribution in [2.45, 2.75) is 33.1 Å². The van der Waals surface area contributed by atoms with Gasteiger partial charge in [0, 0.05) is 19.5 Å². The van der Waals surface area contributed by atoms with Gasteiger partial charge in [0.1, 0.15) is 5.56 Å². The Bertz CT molecular complexity index is 443. The van der Waals surface area contributed by atoms with E-state index in [-0.39, 0.29) is 11.8 Å². The van der Waals surface area contributed by atoms with Crippen LogP contribution in [-0.2, 0) is 0 Å². The van der Waals surface area contributed by atoms with Crippen LogP contribution < -0.4 is 0 Å². The maximum absolute atomic E-state index is 12.2. The largest absolute Gasteiger partial charge is 0.360 e. The number of nitrogens with zero attached hydrogens (tertiary/aromatic N) is 3. The predicted octanol–water partition coefficient (Wildman–Crippen LogP) is 2.09. The molecule has 0 unspecified atom stereocenters. The number of aryl methyl sites for hydroxylation is 1. The molecule has 17 heavy (non-hydrogen) atoms. The molecule has 92 valence electrons. The number of amides is 1. The highest BCUT2D eigenvalue weighted by Crippen LogP contribution is 2.23. The molecular formula is C12H17N3O2. The van der Waals surface area contributed by atoms with Crippen molar-refractivity contribution in [3.8, 4) is 6.07 Å². The second kappa shape index (κ2) is 5.48. The highest BCUT2D eigenvalue weighted by Gasteiger charge is 2.24. The number of rotatable bonds is 4. The van der Waals surface area contributed by atoms with Crippen LogP contribution in [0.1, 0.15) is 48.0 Å². The SMILES string of the molecule is Cc1noc(C(C)C)c1C(=O)N(C)CCC#N. The Labute approximate surface area is 101 Å². The van der Waals surface area contributed by atoms with E-state index in [0.717, 1.165) is 0 Å². The van der Waals surface area contributed by atoms with E-state index < -0.39 is 0 Å². The molecule has 0 fully saturated rings. The highest BCUT2D eigenvalue weighted by atomic mass is 16.5. The molecule has 1 aromatic rings. The van der Waals surface area contributed by atoms with Gasteiger partial charge in [-0.2, -0.15) is 5.26 Å².